The van der Waals surface area contributed by atoms with Crippen molar-refractivity contribution in [3.05, 3.63) is 92.8 Å². The Morgan fingerprint density at radius 3 is 2.34 bits per heavy atom. The Balaban J connectivity index is 2.32. The van der Waals surface area contributed by atoms with Gasteiger partial charge >= 0.3 is 5.92 Å². The molecule has 6 heteroatoms. The molecule has 0 bridgehead atoms. The first-order valence-electron chi connectivity index (χ1n) is 9.02. The van der Waals surface area contributed by atoms with Crippen LogP contribution < -0.4 is 5.56 Å². The molecule has 0 radical (unpaired) electrons. The Kier molecular flexibility index (Phi) is 5.60. The van der Waals surface area contributed by atoms with Gasteiger partial charge in [-0.25, -0.2) is 4.39 Å². The minimum atomic E-state index is -3.92. The Morgan fingerprint density at radius 1 is 1.07 bits per heavy atom. The van der Waals surface area contributed by atoms with Gasteiger partial charge in [0.25, 0.3) is 5.56 Å². The Bertz CT molecular complexity index is 1150. The number of nitrogens with zero attached hydrogens (tertiary/aromatic N) is 2. The van der Waals surface area contributed by atoms with Crippen molar-refractivity contribution < 1.29 is 13.2 Å². The second kappa shape index (κ2) is 7.96. The Hall–Kier alpha value is -3.33. The predicted molar refractivity (Wildman–Crippen MR) is 106 cm³/mol. The van der Waals surface area contributed by atoms with Crippen LogP contribution in [0.3, 0.4) is 0 Å². The van der Waals surface area contributed by atoms with E-state index in [0.717, 1.165) is 22.8 Å². The van der Waals surface area contributed by atoms with Crippen LogP contribution in [0.4, 0.5) is 13.2 Å². The van der Waals surface area contributed by atoms with Gasteiger partial charge in [0.15, 0.2) is 6.67 Å². The van der Waals surface area contributed by atoms with Crippen molar-refractivity contribution in [3.8, 4) is 17.3 Å². The van der Waals surface area contributed by atoms with Crippen LogP contribution in [0, 0.1) is 25.2 Å². The third kappa shape index (κ3) is 3.95. The Morgan fingerprint density at radius 2 is 1.76 bits per heavy atom. The van der Waals surface area contributed by atoms with Gasteiger partial charge in [-0.2, -0.15) is 14.0 Å². The minimum Gasteiger partial charge on any atom is -0.303 e. The van der Waals surface area contributed by atoms with Crippen molar-refractivity contribution in [2.45, 2.75) is 26.3 Å². The number of alkyl halides is 3. The van der Waals surface area contributed by atoms with E-state index in [1.54, 1.807) is 36.4 Å². The molecule has 3 nitrogen and oxygen atoms in total. The van der Waals surface area contributed by atoms with Crippen molar-refractivity contribution in [3.63, 3.8) is 0 Å². The maximum atomic E-state index is 14.2. The van der Waals surface area contributed by atoms with Crippen LogP contribution in [-0.2, 0) is 12.5 Å². The standard InChI is InChI=1S/C23H19F3N2O/c1-15-8-9-18(16(2)10-15)13-28-21(17-6-4-3-5-7-17)11-20(23(25,26)14-24)19(12-27)22(28)29/h3-11H,13-14H2,1-2H3. The smallest absolute Gasteiger partial charge is 0.302 e. The zero-order chi connectivity index (χ0) is 21.2. The highest BCUT2D eigenvalue weighted by Crippen LogP contribution is 2.33. The van der Waals surface area contributed by atoms with E-state index >= 15 is 0 Å². The van der Waals surface area contributed by atoms with E-state index in [0.29, 0.717) is 5.56 Å². The number of hydrogen-bond acceptors (Lipinski definition) is 2. The summed E-state index contributed by atoms with van der Waals surface area (Å²) in [6, 6.07) is 16.9. The van der Waals surface area contributed by atoms with Crippen LogP contribution >= 0.6 is 0 Å². The number of nitriles is 1. The Labute approximate surface area is 166 Å². The summed E-state index contributed by atoms with van der Waals surface area (Å²) in [6.07, 6.45) is 0. The van der Waals surface area contributed by atoms with Crippen LogP contribution in [0.5, 0.6) is 0 Å². The quantitative estimate of drug-likeness (QED) is 0.601. The summed E-state index contributed by atoms with van der Waals surface area (Å²) < 4.78 is 42.7. The second-order valence-corrected chi connectivity index (χ2v) is 6.96. The van der Waals surface area contributed by atoms with E-state index in [2.05, 4.69) is 0 Å². The van der Waals surface area contributed by atoms with Gasteiger partial charge in [0, 0.05) is 5.56 Å². The molecule has 0 atom stereocenters. The zero-order valence-electron chi connectivity index (χ0n) is 16.0. The lowest BCUT2D eigenvalue weighted by molar-refractivity contribution is -0.0285. The lowest BCUT2D eigenvalue weighted by Crippen LogP contribution is -2.30. The topological polar surface area (TPSA) is 45.8 Å². The minimum absolute atomic E-state index is 0.103. The molecule has 3 rings (SSSR count). The van der Waals surface area contributed by atoms with Crippen molar-refractivity contribution in [1.29, 1.82) is 5.26 Å². The molecule has 0 amide bonds. The molecular formula is C23H19F3N2O. The maximum Gasteiger partial charge on any atom is 0.302 e. The highest BCUT2D eigenvalue weighted by Gasteiger charge is 2.37. The van der Waals surface area contributed by atoms with Crippen LogP contribution in [0.25, 0.3) is 11.3 Å². The van der Waals surface area contributed by atoms with E-state index < -0.39 is 29.3 Å². The number of pyridine rings is 1. The molecule has 0 N–H and O–H groups in total. The average Bonchev–Trinajstić information content (AvgIpc) is 2.71. The molecule has 1 heterocycles. The summed E-state index contributed by atoms with van der Waals surface area (Å²) in [4.78, 5) is 13.0. The van der Waals surface area contributed by atoms with Crippen molar-refractivity contribution in [2.24, 2.45) is 0 Å². The summed E-state index contributed by atoms with van der Waals surface area (Å²) >= 11 is 0. The fourth-order valence-corrected chi connectivity index (χ4v) is 3.31. The highest BCUT2D eigenvalue weighted by atomic mass is 19.3. The average molecular weight is 396 g/mol. The maximum absolute atomic E-state index is 14.2. The van der Waals surface area contributed by atoms with Crippen molar-refractivity contribution >= 4 is 0 Å². The molecule has 29 heavy (non-hydrogen) atoms. The molecule has 0 aliphatic heterocycles. The number of rotatable bonds is 5. The molecule has 148 valence electrons. The van der Waals surface area contributed by atoms with Crippen LogP contribution in [0.15, 0.2) is 59.4 Å². The zero-order valence-corrected chi connectivity index (χ0v) is 16.0. The van der Waals surface area contributed by atoms with E-state index in [1.165, 1.54) is 4.57 Å². The summed E-state index contributed by atoms with van der Waals surface area (Å²) in [5, 5.41) is 9.38. The third-order valence-electron chi connectivity index (χ3n) is 4.87. The molecule has 0 unspecified atom stereocenters. The molecule has 0 spiro atoms. The van der Waals surface area contributed by atoms with Gasteiger partial charge < -0.3 is 4.57 Å². The van der Waals surface area contributed by atoms with Crippen LogP contribution in [-0.4, -0.2) is 11.2 Å². The molecule has 3 aromatic rings. The summed E-state index contributed by atoms with van der Waals surface area (Å²) in [5.41, 5.74) is 1.05. The normalized spacial score (nSPS) is 11.3. The first kappa shape index (κ1) is 20.4. The first-order chi connectivity index (χ1) is 13.8. The van der Waals surface area contributed by atoms with Crippen molar-refractivity contribution in [2.75, 3.05) is 6.67 Å². The first-order valence-corrected chi connectivity index (χ1v) is 9.02. The largest absolute Gasteiger partial charge is 0.303 e. The fourth-order valence-electron chi connectivity index (χ4n) is 3.31. The number of halogens is 3. The van der Waals surface area contributed by atoms with Gasteiger partial charge in [0.05, 0.1) is 12.2 Å². The summed E-state index contributed by atoms with van der Waals surface area (Å²) in [5.74, 6) is -3.92. The van der Waals surface area contributed by atoms with Gasteiger partial charge in [-0.15, -0.1) is 0 Å². The number of aryl methyl sites for hydroxylation is 2. The lowest BCUT2D eigenvalue weighted by atomic mass is 9.99. The summed E-state index contributed by atoms with van der Waals surface area (Å²) in [7, 11) is 0. The lowest BCUT2D eigenvalue weighted by Gasteiger charge is -2.20. The van der Waals surface area contributed by atoms with Crippen molar-refractivity contribution in [1.82, 2.24) is 4.57 Å². The van der Waals surface area contributed by atoms with Crippen LogP contribution in [0.2, 0.25) is 0 Å². The van der Waals surface area contributed by atoms with E-state index in [4.69, 9.17) is 0 Å². The van der Waals surface area contributed by atoms with Gasteiger partial charge in [-0.3, -0.25) is 4.79 Å². The highest BCUT2D eigenvalue weighted by molar-refractivity contribution is 5.63. The van der Waals surface area contributed by atoms with Crippen LogP contribution in [0.1, 0.15) is 27.8 Å². The van der Waals surface area contributed by atoms with Gasteiger partial charge in [0.2, 0.25) is 0 Å². The molecule has 2 aromatic carbocycles. The summed E-state index contributed by atoms with van der Waals surface area (Å²) in [6.45, 7) is 1.95. The van der Waals surface area contributed by atoms with E-state index in [-0.39, 0.29) is 12.2 Å². The molecule has 0 fully saturated rings. The molecule has 1 aromatic heterocycles. The van der Waals surface area contributed by atoms with Gasteiger partial charge in [-0.1, -0.05) is 54.1 Å². The second-order valence-electron chi connectivity index (χ2n) is 6.96. The number of benzene rings is 2. The molecule has 0 aliphatic rings. The molecular weight excluding hydrogens is 377 g/mol. The molecule has 0 saturated heterocycles. The molecule has 0 saturated carbocycles. The monoisotopic (exact) mass is 396 g/mol. The SMILES string of the molecule is Cc1ccc(Cn2c(-c3ccccc3)cc(C(F)(F)CF)c(C#N)c2=O)c(C)c1. The number of aromatic nitrogens is 1. The fraction of sp³-hybridized carbons (Fsp3) is 0.217. The predicted octanol–water partition coefficient (Wildman–Crippen LogP) is 5.11. The van der Waals surface area contributed by atoms with Gasteiger partial charge in [-0.05, 0) is 36.6 Å². The van der Waals surface area contributed by atoms with E-state index in [9.17, 15) is 23.2 Å². The number of hydrogen-bond donors (Lipinski definition) is 0. The van der Waals surface area contributed by atoms with E-state index in [1.807, 2.05) is 32.0 Å². The molecule has 0 aliphatic carbocycles. The van der Waals surface area contributed by atoms with Gasteiger partial charge in [0.1, 0.15) is 11.6 Å². The third-order valence-corrected chi connectivity index (χ3v) is 4.87.